The van der Waals surface area contributed by atoms with Gasteiger partial charge >= 0.3 is 5.97 Å². The molecular weight excluding hydrogens is 278 g/mol. The Morgan fingerprint density at radius 2 is 1.90 bits per heavy atom. The van der Waals surface area contributed by atoms with Crippen molar-refractivity contribution in [3.05, 3.63) is 0 Å². The van der Waals surface area contributed by atoms with Gasteiger partial charge in [0.25, 0.3) is 0 Å². The van der Waals surface area contributed by atoms with Crippen molar-refractivity contribution in [1.29, 1.82) is 0 Å². The van der Waals surface area contributed by atoms with Crippen LogP contribution in [0.5, 0.6) is 0 Å². The van der Waals surface area contributed by atoms with E-state index in [9.17, 15) is 14.7 Å². The normalized spacial score (nSPS) is 18.2. The molecule has 1 fully saturated rings. The predicted molar refractivity (Wildman–Crippen MR) is 80.0 cm³/mol. The quantitative estimate of drug-likeness (QED) is 0.529. The van der Waals surface area contributed by atoms with Crippen molar-refractivity contribution >= 4 is 23.6 Å². The number of carbonyl (C=O) groups excluding carboxylic acids is 1. The SMILES string of the molecule is COCCSCC(=O)NCC1(C(=O)O)CCCCCC1. The highest BCUT2D eigenvalue weighted by Crippen LogP contribution is 2.34. The number of carboxylic acids is 1. The van der Waals surface area contributed by atoms with Gasteiger partial charge in [-0.25, -0.2) is 0 Å². The lowest BCUT2D eigenvalue weighted by Gasteiger charge is -2.28. The Labute approximate surface area is 124 Å². The van der Waals surface area contributed by atoms with E-state index in [2.05, 4.69) is 5.32 Å². The van der Waals surface area contributed by atoms with E-state index in [1.54, 1.807) is 7.11 Å². The van der Waals surface area contributed by atoms with Crippen LogP contribution in [0, 0.1) is 5.41 Å². The predicted octanol–water partition coefficient (Wildman–Crippen LogP) is 1.91. The Kier molecular flexibility index (Phi) is 7.99. The van der Waals surface area contributed by atoms with Crippen LogP contribution in [0.15, 0.2) is 0 Å². The zero-order chi connectivity index (χ0) is 14.8. The van der Waals surface area contributed by atoms with Gasteiger partial charge in [0, 0.05) is 19.4 Å². The van der Waals surface area contributed by atoms with Crippen LogP contribution < -0.4 is 5.32 Å². The second kappa shape index (κ2) is 9.23. The molecule has 0 aliphatic heterocycles. The van der Waals surface area contributed by atoms with Gasteiger partial charge in [-0.3, -0.25) is 9.59 Å². The number of nitrogens with one attached hydrogen (secondary N) is 1. The van der Waals surface area contributed by atoms with Crippen LogP contribution in [0.2, 0.25) is 0 Å². The number of hydrogen-bond acceptors (Lipinski definition) is 4. The fourth-order valence-corrected chi connectivity index (χ4v) is 3.21. The van der Waals surface area contributed by atoms with E-state index < -0.39 is 11.4 Å². The average Bonchev–Trinajstić information content (AvgIpc) is 2.68. The van der Waals surface area contributed by atoms with Gasteiger partial charge in [-0.15, -0.1) is 11.8 Å². The Balaban J connectivity index is 2.38. The van der Waals surface area contributed by atoms with Crippen LogP contribution >= 0.6 is 11.8 Å². The van der Waals surface area contributed by atoms with E-state index in [1.807, 2.05) is 0 Å². The van der Waals surface area contributed by atoms with Gasteiger partial charge in [-0.2, -0.15) is 0 Å². The Hall–Kier alpha value is -0.750. The maximum Gasteiger partial charge on any atom is 0.311 e. The molecule has 0 unspecified atom stereocenters. The number of carbonyl (C=O) groups is 2. The molecule has 0 bridgehead atoms. The highest BCUT2D eigenvalue weighted by atomic mass is 32.2. The smallest absolute Gasteiger partial charge is 0.311 e. The number of thioether (sulfide) groups is 1. The van der Waals surface area contributed by atoms with Gasteiger partial charge in [0.15, 0.2) is 0 Å². The maximum absolute atomic E-state index is 11.7. The molecule has 20 heavy (non-hydrogen) atoms. The van der Waals surface area contributed by atoms with Gasteiger partial charge in [0.1, 0.15) is 0 Å². The van der Waals surface area contributed by atoms with Crippen LogP contribution in [0.4, 0.5) is 0 Å². The van der Waals surface area contributed by atoms with E-state index in [0.29, 0.717) is 25.2 Å². The molecule has 1 saturated carbocycles. The minimum atomic E-state index is -0.772. The molecule has 0 spiro atoms. The molecule has 0 aromatic rings. The van der Waals surface area contributed by atoms with Crippen molar-refractivity contribution in [2.45, 2.75) is 38.5 Å². The summed E-state index contributed by atoms with van der Waals surface area (Å²) in [7, 11) is 1.63. The van der Waals surface area contributed by atoms with Crippen LogP contribution in [0.1, 0.15) is 38.5 Å². The van der Waals surface area contributed by atoms with E-state index in [0.717, 1.165) is 31.4 Å². The summed E-state index contributed by atoms with van der Waals surface area (Å²) in [4.78, 5) is 23.3. The molecule has 0 atom stereocenters. The standard InChI is InChI=1S/C14H25NO4S/c1-19-8-9-20-10-12(16)15-11-14(13(17)18)6-4-2-3-5-7-14/h2-11H2,1H3,(H,15,16)(H,17,18). The van der Waals surface area contributed by atoms with Crippen LogP contribution in [-0.4, -0.2) is 48.8 Å². The van der Waals surface area contributed by atoms with Crippen molar-refractivity contribution < 1.29 is 19.4 Å². The van der Waals surface area contributed by atoms with E-state index in [-0.39, 0.29) is 12.5 Å². The molecule has 1 aliphatic carbocycles. The summed E-state index contributed by atoms with van der Waals surface area (Å²) in [5, 5.41) is 12.3. The number of methoxy groups -OCH3 is 1. The minimum Gasteiger partial charge on any atom is -0.481 e. The van der Waals surface area contributed by atoms with Crippen molar-refractivity contribution in [3.63, 3.8) is 0 Å². The number of amides is 1. The average molecular weight is 303 g/mol. The zero-order valence-corrected chi connectivity index (χ0v) is 13.0. The number of aliphatic carboxylic acids is 1. The largest absolute Gasteiger partial charge is 0.481 e. The molecule has 6 heteroatoms. The monoisotopic (exact) mass is 303 g/mol. The Morgan fingerprint density at radius 3 is 2.45 bits per heavy atom. The van der Waals surface area contributed by atoms with Crippen molar-refractivity contribution in [2.24, 2.45) is 5.41 Å². The molecule has 0 saturated heterocycles. The van der Waals surface area contributed by atoms with E-state index in [4.69, 9.17) is 4.74 Å². The van der Waals surface area contributed by atoms with Crippen molar-refractivity contribution in [3.8, 4) is 0 Å². The molecule has 1 rings (SSSR count). The molecule has 0 aromatic carbocycles. The molecule has 0 heterocycles. The molecule has 1 aliphatic rings. The highest BCUT2D eigenvalue weighted by molar-refractivity contribution is 7.99. The summed E-state index contributed by atoms with van der Waals surface area (Å²) in [5.74, 6) is 0.273. The van der Waals surface area contributed by atoms with Gasteiger partial charge < -0.3 is 15.2 Å². The van der Waals surface area contributed by atoms with E-state index >= 15 is 0 Å². The number of ether oxygens (including phenoxy) is 1. The fourth-order valence-electron chi connectivity index (χ4n) is 2.50. The first-order chi connectivity index (χ1) is 9.60. The molecule has 1 amide bonds. The Bertz CT molecular complexity index is 314. The topological polar surface area (TPSA) is 75.6 Å². The zero-order valence-electron chi connectivity index (χ0n) is 12.2. The molecule has 0 aromatic heterocycles. The van der Waals surface area contributed by atoms with Crippen LogP contribution in [0.3, 0.4) is 0 Å². The third kappa shape index (κ3) is 5.71. The van der Waals surface area contributed by atoms with Crippen LogP contribution in [-0.2, 0) is 14.3 Å². The number of hydrogen-bond donors (Lipinski definition) is 2. The highest BCUT2D eigenvalue weighted by Gasteiger charge is 2.38. The molecule has 0 radical (unpaired) electrons. The molecule has 5 nitrogen and oxygen atoms in total. The third-order valence-electron chi connectivity index (χ3n) is 3.80. The van der Waals surface area contributed by atoms with Gasteiger partial charge in [0.05, 0.1) is 17.8 Å². The lowest BCUT2D eigenvalue weighted by molar-refractivity contribution is -0.149. The van der Waals surface area contributed by atoms with Gasteiger partial charge in [-0.1, -0.05) is 25.7 Å². The maximum atomic E-state index is 11.7. The fraction of sp³-hybridized carbons (Fsp3) is 0.857. The third-order valence-corrected chi connectivity index (χ3v) is 4.72. The molecular formula is C14H25NO4S. The first kappa shape index (κ1) is 17.3. The number of carboxylic acid groups (broad SMARTS) is 1. The number of rotatable bonds is 8. The summed E-state index contributed by atoms with van der Waals surface area (Å²) >= 11 is 1.50. The van der Waals surface area contributed by atoms with Gasteiger partial charge in [0.2, 0.25) is 5.91 Å². The molecule has 2 N–H and O–H groups in total. The van der Waals surface area contributed by atoms with Crippen molar-refractivity contribution in [1.82, 2.24) is 5.32 Å². The second-order valence-electron chi connectivity index (χ2n) is 5.32. The first-order valence-electron chi connectivity index (χ1n) is 7.17. The summed E-state index contributed by atoms with van der Waals surface area (Å²) in [5.41, 5.74) is -0.761. The van der Waals surface area contributed by atoms with Gasteiger partial charge in [-0.05, 0) is 12.8 Å². The van der Waals surface area contributed by atoms with Crippen molar-refractivity contribution in [2.75, 3.05) is 31.8 Å². The second-order valence-corrected chi connectivity index (χ2v) is 6.43. The summed E-state index contributed by atoms with van der Waals surface area (Å²) in [6, 6.07) is 0. The summed E-state index contributed by atoms with van der Waals surface area (Å²) < 4.78 is 4.91. The van der Waals surface area contributed by atoms with Crippen LogP contribution in [0.25, 0.3) is 0 Å². The summed E-state index contributed by atoms with van der Waals surface area (Å²) in [6.07, 6.45) is 5.39. The van der Waals surface area contributed by atoms with E-state index in [1.165, 1.54) is 11.8 Å². The Morgan fingerprint density at radius 1 is 1.25 bits per heavy atom. The molecule has 116 valence electrons. The summed E-state index contributed by atoms with van der Waals surface area (Å²) in [6.45, 7) is 0.878. The lowest BCUT2D eigenvalue weighted by Crippen LogP contribution is -2.43. The minimum absolute atomic E-state index is 0.0871. The lowest BCUT2D eigenvalue weighted by atomic mass is 9.80. The first-order valence-corrected chi connectivity index (χ1v) is 8.33.